The zero-order valence-electron chi connectivity index (χ0n) is 11.7. The van der Waals surface area contributed by atoms with E-state index in [4.69, 9.17) is 4.74 Å². The molecule has 1 aliphatic heterocycles. The largest absolute Gasteiger partial charge is 0.415 e. The normalized spacial score (nSPS) is 15.3. The summed E-state index contributed by atoms with van der Waals surface area (Å²) in [4.78, 5) is 13.7. The quantitative estimate of drug-likeness (QED) is 0.819. The summed E-state index contributed by atoms with van der Waals surface area (Å²) in [7, 11) is 0. The predicted octanol–water partition coefficient (Wildman–Crippen LogP) is 4.01. The topological polar surface area (TPSA) is 29.5 Å². The molecule has 0 saturated carbocycles. The summed E-state index contributed by atoms with van der Waals surface area (Å²) in [6.07, 6.45) is 6.68. The third-order valence-electron chi connectivity index (χ3n) is 3.56. The lowest BCUT2D eigenvalue weighted by Gasteiger charge is -2.25. The number of unbranched alkanes of at least 4 members (excludes halogenated alkanes) is 1. The Morgan fingerprint density at radius 3 is 2.47 bits per heavy atom. The maximum atomic E-state index is 11.9. The van der Waals surface area contributed by atoms with Gasteiger partial charge in [0.15, 0.2) is 0 Å². The van der Waals surface area contributed by atoms with Gasteiger partial charge >= 0.3 is 6.09 Å². The van der Waals surface area contributed by atoms with Gasteiger partial charge in [0, 0.05) is 13.1 Å². The lowest BCUT2D eigenvalue weighted by atomic mass is 10.1. The smallest absolute Gasteiger partial charge is 0.410 e. The number of hydrogen-bond donors (Lipinski definition) is 0. The van der Waals surface area contributed by atoms with Crippen molar-refractivity contribution in [1.82, 2.24) is 4.90 Å². The van der Waals surface area contributed by atoms with E-state index < -0.39 is 0 Å². The van der Waals surface area contributed by atoms with Crippen LogP contribution in [0.5, 0.6) is 5.75 Å². The van der Waals surface area contributed by atoms with Gasteiger partial charge in [0.2, 0.25) is 0 Å². The van der Waals surface area contributed by atoms with Gasteiger partial charge in [-0.3, -0.25) is 0 Å². The minimum Gasteiger partial charge on any atom is -0.410 e. The molecule has 0 spiro atoms. The Morgan fingerprint density at radius 1 is 1.16 bits per heavy atom. The van der Waals surface area contributed by atoms with E-state index in [9.17, 15) is 4.79 Å². The number of nitrogens with zero attached hydrogens (tertiary/aromatic N) is 1. The first-order valence-corrected chi connectivity index (χ1v) is 7.35. The van der Waals surface area contributed by atoms with E-state index in [0.29, 0.717) is 5.75 Å². The Balaban J connectivity index is 1.86. The first kappa shape index (κ1) is 13.9. The Hall–Kier alpha value is -1.51. The molecule has 1 heterocycles. The van der Waals surface area contributed by atoms with Crippen LogP contribution in [-0.4, -0.2) is 24.1 Å². The average Bonchev–Trinajstić information content (AvgIpc) is 2.47. The number of piperidine rings is 1. The molecule has 104 valence electrons. The molecule has 1 aliphatic rings. The Kier molecular flexibility index (Phi) is 5.25. The van der Waals surface area contributed by atoms with E-state index in [2.05, 4.69) is 19.1 Å². The molecule has 0 radical (unpaired) electrons. The van der Waals surface area contributed by atoms with Gasteiger partial charge in [-0.25, -0.2) is 4.79 Å². The second kappa shape index (κ2) is 7.17. The fourth-order valence-corrected chi connectivity index (χ4v) is 2.35. The van der Waals surface area contributed by atoms with Crippen molar-refractivity contribution in [3.05, 3.63) is 29.8 Å². The molecule has 1 aromatic carbocycles. The average molecular weight is 261 g/mol. The lowest BCUT2D eigenvalue weighted by Crippen LogP contribution is -2.37. The number of rotatable bonds is 4. The van der Waals surface area contributed by atoms with Crippen LogP contribution in [0.4, 0.5) is 4.79 Å². The minimum atomic E-state index is -0.207. The molecule has 0 N–H and O–H groups in total. The fourth-order valence-electron chi connectivity index (χ4n) is 2.35. The molecule has 3 nitrogen and oxygen atoms in total. The van der Waals surface area contributed by atoms with Crippen molar-refractivity contribution in [1.29, 1.82) is 0 Å². The standard InChI is InChI=1S/C16H23NO2/c1-2-3-7-14-8-10-15(11-9-14)19-16(18)17-12-5-4-6-13-17/h8-11H,2-7,12-13H2,1H3. The molecule has 0 aliphatic carbocycles. The molecular weight excluding hydrogens is 238 g/mol. The van der Waals surface area contributed by atoms with Crippen LogP contribution in [0.2, 0.25) is 0 Å². The lowest BCUT2D eigenvalue weighted by molar-refractivity contribution is 0.142. The molecule has 1 amide bonds. The van der Waals surface area contributed by atoms with Gasteiger partial charge < -0.3 is 9.64 Å². The fraction of sp³-hybridized carbons (Fsp3) is 0.562. The Bertz CT molecular complexity index is 394. The van der Waals surface area contributed by atoms with Gasteiger partial charge in [-0.1, -0.05) is 25.5 Å². The first-order chi connectivity index (χ1) is 9.29. The van der Waals surface area contributed by atoms with Crippen LogP contribution >= 0.6 is 0 Å². The van der Waals surface area contributed by atoms with Crippen LogP contribution in [-0.2, 0) is 6.42 Å². The van der Waals surface area contributed by atoms with Crippen LogP contribution in [0.15, 0.2) is 24.3 Å². The summed E-state index contributed by atoms with van der Waals surface area (Å²) in [6, 6.07) is 7.89. The maximum absolute atomic E-state index is 11.9. The van der Waals surface area contributed by atoms with Gasteiger partial charge in [-0.15, -0.1) is 0 Å². The van der Waals surface area contributed by atoms with Gasteiger partial charge in [0.1, 0.15) is 5.75 Å². The van der Waals surface area contributed by atoms with Crippen molar-refractivity contribution < 1.29 is 9.53 Å². The van der Waals surface area contributed by atoms with Crippen molar-refractivity contribution in [2.75, 3.05) is 13.1 Å². The number of hydrogen-bond acceptors (Lipinski definition) is 2. The van der Waals surface area contributed by atoms with E-state index in [1.54, 1.807) is 4.90 Å². The van der Waals surface area contributed by atoms with E-state index in [1.165, 1.54) is 24.8 Å². The predicted molar refractivity (Wildman–Crippen MR) is 76.5 cm³/mol. The molecule has 3 heteroatoms. The van der Waals surface area contributed by atoms with Crippen LogP contribution in [0.25, 0.3) is 0 Å². The number of carbonyl (C=O) groups is 1. The van der Waals surface area contributed by atoms with E-state index in [0.717, 1.165) is 32.4 Å². The van der Waals surface area contributed by atoms with Crippen molar-refractivity contribution in [3.63, 3.8) is 0 Å². The maximum Gasteiger partial charge on any atom is 0.415 e. The molecule has 0 unspecified atom stereocenters. The summed E-state index contributed by atoms with van der Waals surface area (Å²) in [5.74, 6) is 0.649. The second-order valence-corrected chi connectivity index (χ2v) is 5.16. The van der Waals surface area contributed by atoms with Gasteiger partial charge in [-0.2, -0.15) is 0 Å². The van der Waals surface area contributed by atoms with Crippen LogP contribution < -0.4 is 4.74 Å². The molecule has 19 heavy (non-hydrogen) atoms. The second-order valence-electron chi connectivity index (χ2n) is 5.16. The summed E-state index contributed by atoms with van der Waals surface area (Å²) in [5, 5.41) is 0. The molecule has 0 aromatic heterocycles. The number of likely N-dealkylation sites (tertiary alicyclic amines) is 1. The summed E-state index contributed by atoms with van der Waals surface area (Å²) < 4.78 is 5.40. The number of carbonyl (C=O) groups excluding carboxylic acids is 1. The highest BCUT2D eigenvalue weighted by Crippen LogP contribution is 2.16. The summed E-state index contributed by atoms with van der Waals surface area (Å²) >= 11 is 0. The highest BCUT2D eigenvalue weighted by molar-refractivity contribution is 5.70. The Labute approximate surface area is 115 Å². The zero-order chi connectivity index (χ0) is 13.5. The van der Waals surface area contributed by atoms with Gasteiger partial charge in [0.05, 0.1) is 0 Å². The SMILES string of the molecule is CCCCc1ccc(OC(=O)N2CCCCC2)cc1. The molecule has 2 rings (SSSR count). The van der Waals surface area contributed by atoms with E-state index in [1.807, 2.05) is 12.1 Å². The highest BCUT2D eigenvalue weighted by Gasteiger charge is 2.18. The van der Waals surface area contributed by atoms with Gasteiger partial charge in [-0.05, 0) is 49.8 Å². The molecule has 1 fully saturated rings. The van der Waals surface area contributed by atoms with Crippen molar-refractivity contribution >= 4 is 6.09 Å². The Morgan fingerprint density at radius 2 is 1.84 bits per heavy atom. The molecule has 0 bridgehead atoms. The van der Waals surface area contributed by atoms with Crippen LogP contribution in [0, 0.1) is 0 Å². The molecular formula is C16H23NO2. The minimum absolute atomic E-state index is 0.207. The number of benzene rings is 1. The summed E-state index contributed by atoms with van der Waals surface area (Å²) in [5.41, 5.74) is 1.31. The van der Waals surface area contributed by atoms with Crippen molar-refractivity contribution in [2.45, 2.75) is 45.4 Å². The number of amides is 1. The molecule has 0 atom stereocenters. The first-order valence-electron chi connectivity index (χ1n) is 7.35. The molecule has 1 aromatic rings. The number of ether oxygens (including phenoxy) is 1. The van der Waals surface area contributed by atoms with E-state index in [-0.39, 0.29) is 6.09 Å². The van der Waals surface area contributed by atoms with Crippen LogP contribution in [0.1, 0.15) is 44.6 Å². The van der Waals surface area contributed by atoms with Gasteiger partial charge in [0.25, 0.3) is 0 Å². The van der Waals surface area contributed by atoms with Crippen LogP contribution in [0.3, 0.4) is 0 Å². The van der Waals surface area contributed by atoms with Crippen molar-refractivity contribution in [2.24, 2.45) is 0 Å². The van der Waals surface area contributed by atoms with Crippen molar-refractivity contribution in [3.8, 4) is 5.75 Å². The van der Waals surface area contributed by atoms with E-state index >= 15 is 0 Å². The monoisotopic (exact) mass is 261 g/mol. The molecule has 1 saturated heterocycles. The third-order valence-corrected chi connectivity index (χ3v) is 3.56. The summed E-state index contributed by atoms with van der Waals surface area (Å²) in [6.45, 7) is 3.84. The number of aryl methyl sites for hydroxylation is 1. The zero-order valence-corrected chi connectivity index (χ0v) is 11.7. The third kappa shape index (κ3) is 4.27. The highest BCUT2D eigenvalue weighted by atomic mass is 16.6.